The average Bonchev–Trinajstić information content (AvgIpc) is 2.71. The third-order valence-electron chi connectivity index (χ3n) is 4.95. The fourth-order valence-corrected chi connectivity index (χ4v) is 3.53. The third kappa shape index (κ3) is 6.33. The van der Waals surface area contributed by atoms with Crippen LogP contribution >= 0.6 is 0 Å². The van der Waals surface area contributed by atoms with Crippen molar-refractivity contribution < 1.29 is 32.7 Å². The van der Waals surface area contributed by atoms with Crippen LogP contribution in [0.4, 0.5) is 20.2 Å². The highest BCUT2D eigenvalue weighted by Gasteiger charge is 2.30. The van der Waals surface area contributed by atoms with Gasteiger partial charge in [-0.3, -0.25) is 14.9 Å². The average molecular weight is 416 g/mol. The third-order valence-corrected chi connectivity index (χ3v) is 4.95. The summed E-state index contributed by atoms with van der Waals surface area (Å²) in [6.07, 6.45) is -1.63. The summed E-state index contributed by atoms with van der Waals surface area (Å²) in [5, 5.41) is 11.7. The van der Waals surface area contributed by atoms with Crippen molar-refractivity contribution in [3.63, 3.8) is 0 Å². The lowest BCUT2D eigenvalue weighted by Gasteiger charge is -2.35. The van der Waals surface area contributed by atoms with Crippen molar-refractivity contribution in [2.75, 3.05) is 45.5 Å². The molecule has 0 saturated carbocycles. The molecule has 0 radical (unpaired) electrons. The monoisotopic (exact) mass is 416 g/mol. The molecule has 8 nitrogen and oxygen atoms in total. The Balaban J connectivity index is 2.42. The van der Waals surface area contributed by atoms with Gasteiger partial charge in [0.05, 0.1) is 31.6 Å². The SMILES string of the molecule is COCC(CC(=O)OC)c1ccc(N(CC(F)F)C2CCOCC2)c([N+](=O)[O-])c1. The van der Waals surface area contributed by atoms with E-state index in [1.54, 1.807) is 6.07 Å². The van der Waals surface area contributed by atoms with Crippen molar-refractivity contribution in [1.82, 2.24) is 0 Å². The Bertz CT molecular complexity index is 697. The molecule has 162 valence electrons. The van der Waals surface area contributed by atoms with Crippen molar-refractivity contribution in [1.29, 1.82) is 0 Å². The van der Waals surface area contributed by atoms with E-state index in [1.807, 2.05) is 0 Å². The molecular formula is C19H26F2N2O6. The van der Waals surface area contributed by atoms with Gasteiger partial charge in [-0.2, -0.15) is 0 Å². The molecule has 1 aromatic carbocycles. The summed E-state index contributed by atoms with van der Waals surface area (Å²) >= 11 is 0. The normalized spacial score (nSPS) is 15.9. The lowest BCUT2D eigenvalue weighted by Crippen LogP contribution is -2.42. The predicted octanol–water partition coefficient (Wildman–Crippen LogP) is 3.14. The van der Waals surface area contributed by atoms with E-state index >= 15 is 0 Å². The number of methoxy groups -OCH3 is 2. The van der Waals surface area contributed by atoms with Crippen LogP contribution in [0.25, 0.3) is 0 Å². The van der Waals surface area contributed by atoms with Crippen LogP contribution in [0.1, 0.15) is 30.7 Å². The van der Waals surface area contributed by atoms with Crippen LogP contribution in [0.2, 0.25) is 0 Å². The molecule has 0 aromatic heterocycles. The Kier molecular flexibility index (Phi) is 8.71. The van der Waals surface area contributed by atoms with E-state index < -0.39 is 29.8 Å². The topological polar surface area (TPSA) is 91.1 Å². The van der Waals surface area contributed by atoms with Gasteiger partial charge in [0.15, 0.2) is 0 Å². The largest absolute Gasteiger partial charge is 0.469 e. The molecule has 1 aromatic rings. The summed E-state index contributed by atoms with van der Waals surface area (Å²) < 4.78 is 41.6. The molecule has 1 aliphatic rings. The van der Waals surface area contributed by atoms with E-state index in [0.717, 1.165) is 0 Å². The van der Waals surface area contributed by atoms with Gasteiger partial charge < -0.3 is 19.1 Å². The second-order valence-corrected chi connectivity index (χ2v) is 6.82. The number of carbonyl (C=O) groups is 1. The van der Waals surface area contributed by atoms with E-state index in [1.165, 1.54) is 31.3 Å². The highest BCUT2D eigenvalue weighted by atomic mass is 19.3. The van der Waals surface area contributed by atoms with Crippen molar-refractivity contribution in [2.45, 2.75) is 37.6 Å². The Morgan fingerprint density at radius 3 is 2.59 bits per heavy atom. The molecule has 1 atom stereocenters. The van der Waals surface area contributed by atoms with Crippen LogP contribution in [0.3, 0.4) is 0 Å². The fraction of sp³-hybridized carbons (Fsp3) is 0.632. The van der Waals surface area contributed by atoms with Gasteiger partial charge in [0, 0.05) is 38.3 Å². The summed E-state index contributed by atoms with van der Waals surface area (Å²) in [6.45, 7) is 0.400. The van der Waals surface area contributed by atoms with Gasteiger partial charge in [-0.1, -0.05) is 6.07 Å². The number of benzene rings is 1. The number of nitro benzene ring substituents is 1. The van der Waals surface area contributed by atoms with Gasteiger partial charge in [-0.15, -0.1) is 0 Å². The molecule has 1 fully saturated rings. The molecule has 10 heteroatoms. The second-order valence-electron chi connectivity index (χ2n) is 6.82. The van der Waals surface area contributed by atoms with Gasteiger partial charge >= 0.3 is 5.97 Å². The van der Waals surface area contributed by atoms with Crippen LogP contribution in [-0.2, 0) is 19.0 Å². The minimum Gasteiger partial charge on any atom is -0.469 e. The van der Waals surface area contributed by atoms with Crippen molar-refractivity contribution >= 4 is 17.3 Å². The zero-order valence-corrected chi connectivity index (χ0v) is 16.5. The predicted molar refractivity (Wildman–Crippen MR) is 102 cm³/mol. The minimum atomic E-state index is -2.64. The summed E-state index contributed by atoms with van der Waals surface area (Å²) in [5.41, 5.74) is 0.373. The Morgan fingerprint density at radius 2 is 2.03 bits per heavy atom. The zero-order valence-electron chi connectivity index (χ0n) is 16.5. The van der Waals surface area contributed by atoms with Gasteiger partial charge in [0.1, 0.15) is 5.69 Å². The Morgan fingerprint density at radius 1 is 1.34 bits per heavy atom. The number of anilines is 1. The molecule has 0 N–H and O–H groups in total. The van der Waals surface area contributed by atoms with Crippen LogP contribution in [0.15, 0.2) is 18.2 Å². The number of carbonyl (C=O) groups excluding carboxylic acids is 1. The fourth-order valence-electron chi connectivity index (χ4n) is 3.53. The first kappa shape index (κ1) is 23.0. The number of rotatable bonds is 10. The summed E-state index contributed by atoms with van der Waals surface area (Å²) in [7, 11) is 2.72. The van der Waals surface area contributed by atoms with Gasteiger partial charge in [0.2, 0.25) is 0 Å². The summed E-state index contributed by atoms with van der Waals surface area (Å²) in [4.78, 5) is 24.2. The first-order valence-electron chi connectivity index (χ1n) is 9.34. The first-order chi connectivity index (χ1) is 13.9. The molecule has 0 spiro atoms. The number of hydrogen-bond acceptors (Lipinski definition) is 7. The van der Waals surface area contributed by atoms with Crippen LogP contribution in [0, 0.1) is 10.1 Å². The molecule has 1 saturated heterocycles. The van der Waals surface area contributed by atoms with E-state index in [4.69, 9.17) is 9.47 Å². The molecule has 1 aliphatic heterocycles. The quantitative estimate of drug-likeness (QED) is 0.329. The van der Waals surface area contributed by atoms with Crippen LogP contribution in [0.5, 0.6) is 0 Å². The smallest absolute Gasteiger partial charge is 0.306 e. The number of nitro groups is 1. The van der Waals surface area contributed by atoms with E-state index in [0.29, 0.717) is 31.6 Å². The molecule has 0 amide bonds. The molecule has 0 bridgehead atoms. The Hall–Kier alpha value is -2.33. The highest BCUT2D eigenvalue weighted by Crippen LogP contribution is 2.36. The molecule has 0 aliphatic carbocycles. The van der Waals surface area contributed by atoms with Crippen molar-refractivity contribution in [3.8, 4) is 0 Å². The van der Waals surface area contributed by atoms with Gasteiger partial charge in [-0.05, 0) is 24.5 Å². The number of ether oxygens (including phenoxy) is 3. The maximum absolute atomic E-state index is 13.2. The van der Waals surface area contributed by atoms with Crippen LogP contribution in [-0.4, -0.2) is 63.9 Å². The van der Waals surface area contributed by atoms with Gasteiger partial charge in [-0.25, -0.2) is 8.78 Å². The lowest BCUT2D eigenvalue weighted by atomic mass is 9.95. The summed E-state index contributed by atoms with van der Waals surface area (Å²) in [6, 6.07) is 4.16. The summed E-state index contributed by atoms with van der Waals surface area (Å²) in [5.74, 6) is -0.924. The first-order valence-corrected chi connectivity index (χ1v) is 9.34. The van der Waals surface area contributed by atoms with E-state index in [-0.39, 0.29) is 30.4 Å². The lowest BCUT2D eigenvalue weighted by molar-refractivity contribution is -0.384. The molecule has 1 unspecified atom stereocenters. The minimum absolute atomic E-state index is 0.0123. The van der Waals surface area contributed by atoms with E-state index in [9.17, 15) is 23.7 Å². The van der Waals surface area contributed by atoms with Crippen LogP contribution < -0.4 is 4.90 Å². The van der Waals surface area contributed by atoms with Gasteiger partial charge in [0.25, 0.3) is 12.1 Å². The number of alkyl halides is 2. The molecular weight excluding hydrogens is 390 g/mol. The number of hydrogen-bond donors (Lipinski definition) is 0. The standard InChI is InChI=1S/C19H26F2N2O6/c1-27-12-14(10-19(24)28-2)13-3-4-16(17(9-13)23(25)26)22(11-18(20)21)15-5-7-29-8-6-15/h3-4,9,14-15,18H,5-8,10-12H2,1-2H3. The van der Waals surface area contributed by atoms with Crippen molar-refractivity contribution in [2.24, 2.45) is 0 Å². The zero-order chi connectivity index (χ0) is 21.4. The number of halogens is 2. The molecule has 1 heterocycles. The maximum atomic E-state index is 13.2. The number of esters is 1. The molecule has 2 rings (SSSR count). The molecule has 29 heavy (non-hydrogen) atoms. The Labute approximate surface area is 167 Å². The van der Waals surface area contributed by atoms with Crippen molar-refractivity contribution in [3.05, 3.63) is 33.9 Å². The highest BCUT2D eigenvalue weighted by molar-refractivity contribution is 5.71. The number of nitrogens with zero attached hydrogens (tertiary/aromatic N) is 2. The van der Waals surface area contributed by atoms with E-state index in [2.05, 4.69) is 4.74 Å². The maximum Gasteiger partial charge on any atom is 0.306 e. The second kappa shape index (κ2) is 11.0.